The molecule has 0 spiro atoms. The normalized spacial score (nSPS) is 11.0. The van der Waals surface area contributed by atoms with E-state index in [0.29, 0.717) is 17.4 Å². The van der Waals surface area contributed by atoms with Gasteiger partial charge in [-0.15, -0.1) is 11.3 Å². The number of fused-ring (bicyclic) bond motifs is 1. The predicted octanol–water partition coefficient (Wildman–Crippen LogP) is 3.64. The van der Waals surface area contributed by atoms with Gasteiger partial charge in [-0.3, -0.25) is 4.98 Å². The van der Waals surface area contributed by atoms with Gasteiger partial charge < -0.3 is 0 Å². The fraction of sp³-hybridized carbons (Fsp3) is 0.154. The van der Waals surface area contributed by atoms with Crippen LogP contribution in [0.5, 0.6) is 0 Å². The molecule has 0 aromatic carbocycles. The Morgan fingerprint density at radius 3 is 2.94 bits per heavy atom. The first-order chi connectivity index (χ1) is 8.72. The first-order valence-electron chi connectivity index (χ1n) is 5.55. The van der Waals surface area contributed by atoms with Crippen molar-refractivity contribution in [1.29, 1.82) is 0 Å². The van der Waals surface area contributed by atoms with Crippen molar-refractivity contribution in [1.82, 2.24) is 15.0 Å². The third-order valence-corrected chi connectivity index (χ3v) is 3.81. The quantitative estimate of drug-likeness (QED) is 0.670. The predicted molar refractivity (Wildman–Crippen MR) is 74.2 cm³/mol. The number of aromatic nitrogens is 3. The molecule has 0 N–H and O–H groups in total. The van der Waals surface area contributed by atoms with Crippen molar-refractivity contribution in [3.63, 3.8) is 0 Å². The zero-order chi connectivity index (χ0) is 12.5. The SMILES string of the molecule is Cc1cc2c(Cl)nc(Cc3ccccn3)nc2s1. The van der Waals surface area contributed by atoms with E-state index in [-0.39, 0.29) is 0 Å². The van der Waals surface area contributed by atoms with Crippen LogP contribution < -0.4 is 0 Å². The zero-order valence-electron chi connectivity index (χ0n) is 9.72. The number of thiophene rings is 1. The van der Waals surface area contributed by atoms with E-state index in [1.54, 1.807) is 17.5 Å². The van der Waals surface area contributed by atoms with Crippen molar-refractivity contribution >= 4 is 33.2 Å². The molecule has 3 aromatic heterocycles. The van der Waals surface area contributed by atoms with Gasteiger partial charge in [0.15, 0.2) is 0 Å². The maximum Gasteiger partial charge on any atom is 0.141 e. The number of nitrogens with zero attached hydrogens (tertiary/aromatic N) is 3. The summed E-state index contributed by atoms with van der Waals surface area (Å²) in [5.74, 6) is 0.716. The minimum absolute atomic E-state index is 0.523. The summed E-state index contributed by atoms with van der Waals surface area (Å²) in [5.41, 5.74) is 0.946. The molecule has 0 fully saturated rings. The summed E-state index contributed by atoms with van der Waals surface area (Å²) in [6.07, 6.45) is 2.37. The number of pyridine rings is 1. The summed E-state index contributed by atoms with van der Waals surface area (Å²) < 4.78 is 0. The Morgan fingerprint density at radius 2 is 2.17 bits per heavy atom. The van der Waals surface area contributed by atoms with Crippen molar-refractivity contribution in [3.8, 4) is 0 Å². The van der Waals surface area contributed by atoms with Gasteiger partial charge in [-0.1, -0.05) is 17.7 Å². The Labute approximate surface area is 114 Å². The molecule has 90 valence electrons. The van der Waals surface area contributed by atoms with Gasteiger partial charge in [0, 0.05) is 22.2 Å². The summed E-state index contributed by atoms with van der Waals surface area (Å²) in [4.78, 5) is 15.3. The van der Waals surface area contributed by atoms with Crippen molar-refractivity contribution in [2.45, 2.75) is 13.3 Å². The second-order valence-corrected chi connectivity index (χ2v) is 5.60. The van der Waals surface area contributed by atoms with E-state index in [2.05, 4.69) is 15.0 Å². The van der Waals surface area contributed by atoms with Crippen molar-refractivity contribution < 1.29 is 0 Å². The molecule has 0 unspecified atom stereocenters. The molecule has 0 amide bonds. The average molecular weight is 276 g/mol. The molecule has 0 bridgehead atoms. The van der Waals surface area contributed by atoms with Crippen molar-refractivity contribution in [2.24, 2.45) is 0 Å². The van der Waals surface area contributed by atoms with Gasteiger partial charge in [0.05, 0.1) is 6.42 Å². The maximum absolute atomic E-state index is 6.18. The van der Waals surface area contributed by atoms with Crippen LogP contribution in [0.25, 0.3) is 10.2 Å². The number of rotatable bonds is 2. The zero-order valence-corrected chi connectivity index (χ0v) is 11.3. The second kappa shape index (κ2) is 4.63. The van der Waals surface area contributed by atoms with Crippen LogP contribution in [-0.2, 0) is 6.42 Å². The van der Waals surface area contributed by atoms with E-state index >= 15 is 0 Å². The maximum atomic E-state index is 6.18. The molecule has 0 aliphatic rings. The third-order valence-electron chi connectivity index (χ3n) is 2.58. The fourth-order valence-corrected chi connectivity index (χ4v) is 2.99. The van der Waals surface area contributed by atoms with Crippen LogP contribution in [0.4, 0.5) is 0 Å². The monoisotopic (exact) mass is 275 g/mol. The minimum Gasteiger partial charge on any atom is -0.261 e. The summed E-state index contributed by atoms with van der Waals surface area (Å²) in [6.45, 7) is 2.04. The summed E-state index contributed by atoms with van der Waals surface area (Å²) >= 11 is 7.81. The largest absolute Gasteiger partial charge is 0.261 e. The van der Waals surface area contributed by atoms with Crippen LogP contribution >= 0.6 is 22.9 Å². The van der Waals surface area contributed by atoms with Gasteiger partial charge in [-0.05, 0) is 25.1 Å². The lowest BCUT2D eigenvalue weighted by Gasteiger charge is -2.01. The lowest BCUT2D eigenvalue weighted by molar-refractivity contribution is 0.957. The topological polar surface area (TPSA) is 38.7 Å². The molecule has 3 nitrogen and oxygen atoms in total. The molecule has 0 atom stereocenters. The van der Waals surface area contributed by atoms with Crippen LogP contribution in [0, 0.1) is 6.92 Å². The Kier molecular flexibility index (Phi) is 2.97. The van der Waals surface area contributed by atoms with Crippen molar-refractivity contribution in [3.05, 3.63) is 52.0 Å². The molecule has 3 rings (SSSR count). The van der Waals surface area contributed by atoms with Gasteiger partial charge in [-0.25, -0.2) is 9.97 Å². The fourth-order valence-electron chi connectivity index (χ4n) is 1.79. The molecule has 0 aliphatic heterocycles. The van der Waals surface area contributed by atoms with Gasteiger partial charge in [0.2, 0.25) is 0 Å². The standard InChI is InChI=1S/C13H10ClN3S/c1-8-6-10-12(14)16-11(17-13(10)18-8)7-9-4-2-3-5-15-9/h2-6H,7H2,1H3. The average Bonchev–Trinajstić information content (AvgIpc) is 2.72. The first kappa shape index (κ1) is 11.6. The highest BCUT2D eigenvalue weighted by atomic mass is 35.5. The van der Waals surface area contributed by atoms with Crippen LogP contribution in [0.1, 0.15) is 16.4 Å². The van der Waals surface area contributed by atoms with Crippen LogP contribution in [0.3, 0.4) is 0 Å². The molecule has 0 radical (unpaired) electrons. The molecular weight excluding hydrogens is 266 g/mol. The van der Waals surface area contributed by atoms with Crippen molar-refractivity contribution in [2.75, 3.05) is 0 Å². The molecular formula is C13H10ClN3S. The summed E-state index contributed by atoms with van der Waals surface area (Å²) in [5, 5.41) is 1.46. The van der Waals surface area contributed by atoms with E-state index in [0.717, 1.165) is 15.9 Å². The Balaban J connectivity index is 2.02. The number of aryl methyl sites for hydroxylation is 1. The molecule has 18 heavy (non-hydrogen) atoms. The Morgan fingerprint density at radius 1 is 1.28 bits per heavy atom. The number of hydrogen-bond donors (Lipinski definition) is 0. The Hall–Kier alpha value is -1.52. The lowest BCUT2D eigenvalue weighted by atomic mass is 10.2. The number of hydrogen-bond acceptors (Lipinski definition) is 4. The highest BCUT2D eigenvalue weighted by Crippen LogP contribution is 2.28. The van der Waals surface area contributed by atoms with Gasteiger partial charge in [-0.2, -0.15) is 0 Å². The lowest BCUT2D eigenvalue weighted by Crippen LogP contribution is -1.98. The highest BCUT2D eigenvalue weighted by Gasteiger charge is 2.09. The van der Waals surface area contributed by atoms with E-state index in [1.165, 1.54) is 4.88 Å². The Bertz CT molecular complexity index is 694. The molecule has 3 heterocycles. The number of halogens is 1. The smallest absolute Gasteiger partial charge is 0.141 e. The third kappa shape index (κ3) is 2.21. The molecule has 5 heteroatoms. The van der Waals surface area contributed by atoms with E-state index in [1.807, 2.05) is 31.2 Å². The second-order valence-electron chi connectivity index (χ2n) is 4.00. The van der Waals surface area contributed by atoms with Gasteiger partial charge in [0.1, 0.15) is 15.8 Å². The first-order valence-corrected chi connectivity index (χ1v) is 6.74. The van der Waals surface area contributed by atoms with E-state index in [9.17, 15) is 0 Å². The van der Waals surface area contributed by atoms with Crippen LogP contribution in [-0.4, -0.2) is 15.0 Å². The summed E-state index contributed by atoms with van der Waals surface area (Å²) in [7, 11) is 0. The highest BCUT2D eigenvalue weighted by molar-refractivity contribution is 7.18. The van der Waals surface area contributed by atoms with Crippen LogP contribution in [0.15, 0.2) is 30.5 Å². The molecule has 0 saturated heterocycles. The van der Waals surface area contributed by atoms with Gasteiger partial charge in [0.25, 0.3) is 0 Å². The van der Waals surface area contributed by atoms with E-state index in [4.69, 9.17) is 11.6 Å². The molecule has 0 saturated carbocycles. The van der Waals surface area contributed by atoms with Crippen LogP contribution in [0.2, 0.25) is 5.15 Å². The molecule has 3 aromatic rings. The van der Waals surface area contributed by atoms with Gasteiger partial charge >= 0.3 is 0 Å². The molecule has 0 aliphatic carbocycles. The minimum atomic E-state index is 0.523. The van der Waals surface area contributed by atoms with E-state index < -0.39 is 0 Å². The summed E-state index contributed by atoms with van der Waals surface area (Å²) in [6, 6.07) is 7.83.